The molecule has 0 saturated carbocycles. The number of carboxylic acids is 1. The van der Waals surface area contributed by atoms with Gasteiger partial charge >= 0.3 is 12.0 Å². The van der Waals surface area contributed by atoms with Gasteiger partial charge in [0, 0.05) is 31.0 Å². The van der Waals surface area contributed by atoms with Crippen LogP contribution in [0.2, 0.25) is 0 Å². The van der Waals surface area contributed by atoms with Crippen LogP contribution in [-0.4, -0.2) is 35.1 Å². The zero-order valence-corrected chi connectivity index (χ0v) is 15.3. The van der Waals surface area contributed by atoms with E-state index in [1.807, 2.05) is 29.2 Å². The maximum Gasteiger partial charge on any atom is 0.335 e. The number of carbonyl (C=O) groups excluding carboxylic acids is 1. The number of nitrogens with zero attached hydrogens (tertiary/aromatic N) is 1. The third-order valence-electron chi connectivity index (χ3n) is 4.73. The predicted molar refractivity (Wildman–Crippen MR) is 106 cm³/mol. The molecule has 1 saturated heterocycles. The van der Waals surface area contributed by atoms with Crippen LogP contribution in [0.1, 0.15) is 41.6 Å². The predicted octanol–water partition coefficient (Wildman–Crippen LogP) is 4.40. The SMILES string of the molecule is O=C(O)c1ccc(CNc2ccc(NC(=O)N3CCCCCC3)cc2)cc1. The minimum atomic E-state index is -0.924. The van der Waals surface area contributed by atoms with E-state index in [0.29, 0.717) is 6.54 Å². The van der Waals surface area contributed by atoms with Gasteiger partial charge in [0.15, 0.2) is 0 Å². The number of nitrogens with one attached hydrogen (secondary N) is 2. The number of urea groups is 1. The molecule has 1 aliphatic heterocycles. The molecular formula is C21H25N3O3. The fraction of sp³-hybridized carbons (Fsp3) is 0.333. The maximum atomic E-state index is 12.3. The summed E-state index contributed by atoms with van der Waals surface area (Å²) >= 11 is 0. The van der Waals surface area contributed by atoms with Crippen molar-refractivity contribution in [1.82, 2.24) is 4.90 Å². The number of hydrogen-bond donors (Lipinski definition) is 3. The monoisotopic (exact) mass is 367 g/mol. The zero-order valence-electron chi connectivity index (χ0n) is 15.3. The third-order valence-corrected chi connectivity index (χ3v) is 4.73. The molecule has 3 N–H and O–H groups in total. The van der Waals surface area contributed by atoms with Gasteiger partial charge in [-0.25, -0.2) is 9.59 Å². The van der Waals surface area contributed by atoms with Gasteiger partial charge in [-0.15, -0.1) is 0 Å². The Labute approximate surface area is 159 Å². The Morgan fingerprint density at radius 2 is 1.44 bits per heavy atom. The standard InChI is InChI=1S/C21H25N3O3/c25-20(26)17-7-5-16(6-8-17)15-22-18-9-11-19(12-10-18)23-21(27)24-13-3-1-2-4-14-24/h5-12,22H,1-4,13-15H2,(H,23,27)(H,25,26). The highest BCUT2D eigenvalue weighted by molar-refractivity contribution is 5.89. The molecule has 142 valence electrons. The summed E-state index contributed by atoms with van der Waals surface area (Å²) in [4.78, 5) is 25.1. The Morgan fingerprint density at radius 3 is 2.04 bits per heavy atom. The molecule has 0 aromatic heterocycles. The van der Waals surface area contributed by atoms with Crippen molar-refractivity contribution in [2.45, 2.75) is 32.2 Å². The molecule has 0 radical (unpaired) electrons. The number of hydrogen-bond acceptors (Lipinski definition) is 3. The van der Waals surface area contributed by atoms with Crippen LogP contribution in [0.25, 0.3) is 0 Å². The number of benzene rings is 2. The highest BCUT2D eigenvalue weighted by atomic mass is 16.4. The second-order valence-electron chi connectivity index (χ2n) is 6.76. The Kier molecular flexibility index (Phi) is 6.30. The minimum absolute atomic E-state index is 0.0314. The van der Waals surface area contributed by atoms with Crippen LogP contribution in [0.3, 0.4) is 0 Å². The van der Waals surface area contributed by atoms with Crippen LogP contribution in [0.5, 0.6) is 0 Å². The summed E-state index contributed by atoms with van der Waals surface area (Å²) in [5.74, 6) is -0.924. The van der Waals surface area contributed by atoms with Gasteiger partial charge in [-0.1, -0.05) is 25.0 Å². The van der Waals surface area contributed by atoms with Crippen molar-refractivity contribution >= 4 is 23.4 Å². The van der Waals surface area contributed by atoms with Crippen molar-refractivity contribution in [2.24, 2.45) is 0 Å². The lowest BCUT2D eigenvalue weighted by Crippen LogP contribution is -2.35. The van der Waals surface area contributed by atoms with Gasteiger partial charge in [0.05, 0.1) is 5.56 Å². The van der Waals surface area contributed by atoms with E-state index < -0.39 is 5.97 Å². The van der Waals surface area contributed by atoms with E-state index >= 15 is 0 Å². The molecule has 27 heavy (non-hydrogen) atoms. The normalized spacial score (nSPS) is 14.3. The zero-order chi connectivity index (χ0) is 19.1. The van der Waals surface area contributed by atoms with Crippen LogP contribution in [0.15, 0.2) is 48.5 Å². The quantitative estimate of drug-likeness (QED) is 0.731. The van der Waals surface area contributed by atoms with Crippen molar-refractivity contribution in [2.75, 3.05) is 23.7 Å². The third kappa shape index (κ3) is 5.48. The second kappa shape index (κ2) is 9.07. The van der Waals surface area contributed by atoms with Gasteiger partial charge in [-0.3, -0.25) is 0 Å². The Hall–Kier alpha value is -3.02. The molecular weight excluding hydrogens is 342 g/mol. The molecule has 0 unspecified atom stereocenters. The van der Waals surface area contributed by atoms with E-state index in [4.69, 9.17) is 5.11 Å². The highest BCUT2D eigenvalue weighted by Gasteiger charge is 2.15. The minimum Gasteiger partial charge on any atom is -0.478 e. The number of anilines is 2. The summed E-state index contributed by atoms with van der Waals surface area (Å²) in [6.45, 7) is 2.25. The lowest BCUT2D eigenvalue weighted by molar-refractivity contribution is 0.0697. The number of carboxylic acid groups (broad SMARTS) is 1. The molecule has 0 spiro atoms. The van der Waals surface area contributed by atoms with Gasteiger partial charge < -0.3 is 20.6 Å². The van der Waals surface area contributed by atoms with Crippen molar-refractivity contribution in [3.05, 3.63) is 59.7 Å². The van der Waals surface area contributed by atoms with Gasteiger partial charge in [0.25, 0.3) is 0 Å². The molecule has 0 atom stereocenters. The summed E-state index contributed by atoms with van der Waals surface area (Å²) in [5.41, 5.74) is 2.99. The smallest absolute Gasteiger partial charge is 0.335 e. The number of likely N-dealkylation sites (tertiary alicyclic amines) is 1. The highest BCUT2D eigenvalue weighted by Crippen LogP contribution is 2.17. The van der Waals surface area contributed by atoms with Crippen molar-refractivity contribution in [1.29, 1.82) is 0 Å². The lowest BCUT2D eigenvalue weighted by Gasteiger charge is -2.20. The molecule has 2 amide bonds. The van der Waals surface area contributed by atoms with E-state index in [2.05, 4.69) is 10.6 Å². The van der Waals surface area contributed by atoms with Gasteiger partial charge in [-0.05, 0) is 54.8 Å². The average molecular weight is 367 g/mol. The van der Waals surface area contributed by atoms with Gasteiger partial charge in [0.2, 0.25) is 0 Å². The topological polar surface area (TPSA) is 81.7 Å². The van der Waals surface area contributed by atoms with E-state index in [9.17, 15) is 9.59 Å². The van der Waals surface area contributed by atoms with E-state index in [-0.39, 0.29) is 11.6 Å². The maximum absolute atomic E-state index is 12.3. The second-order valence-corrected chi connectivity index (χ2v) is 6.76. The molecule has 0 aliphatic carbocycles. The van der Waals surface area contributed by atoms with Crippen LogP contribution >= 0.6 is 0 Å². The number of carbonyl (C=O) groups is 2. The molecule has 1 heterocycles. The van der Waals surface area contributed by atoms with E-state index in [1.165, 1.54) is 12.8 Å². The largest absolute Gasteiger partial charge is 0.478 e. The summed E-state index contributed by atoms with van der Waals surface area (Å²) < 4.78 is 0. The van der Waals surface area contributed by atoms with Crippen molar-refractivity contribution < 1.29 is 14.7 Å². The van der Waals surface area contributed by atoms with E-state index in [1.54, 1.807) is 24.3 Å². The number of rotatable bonds is 5. The lowest BCUT2D eigenvalue weighted by atomic mass is 10.1. The molecule has 1 aliphatic rings. The van der Waals surface area contributed by atoms with Crippen LogP contribution in [-0.2, 0) is 6.54 Å². The molecule has 2 aromatic carbocycles. The Bertz CT molecular complexity index is 764. The van der Waals surface area contributed by atoms with Crippen LogP contribution in [0, 0.1) is 0 Å². The summed E-state index contributed by atoms with van der Waals surface area (Å²) in [5, 5.41) is 15.2. The molecule has 1 fully saturated rings. The number of amides is 2. The Morgan fingerprint density at radius 1 is 0.852 bits per heavy atom. The van der Waals surface area contributed by atoms with E-state index in [0.717, 1.165) is 42.9 Å². The van der Waals surface area contributed by atoms with Gasteiger partial charge in [-0.2, -0.15) is 0 Å². The first-order chi connectivity index (χ1) is 13.1. The molecule has 2 aromatic rings. The summed E-state index contributed by atoms with van der Waals surface area (Å²) in [6, 6.07) is 14.4. The fourth-order valence-electron chi connectivity index (χ4n) is 3.12. The average Bonchev–Trinajstić information content (AvgIpc) is 2.97. The molecule has 0 bridgehead atoms. The van der Waals surface area contributed by atoms with Crippen molar-refractivity contribution in [3.63, 3.8) is 0 Å². The first kappa shape index (κ1) is 18.8. The fourth-order valence-corrected chi connectivity index (χ4v) is 3.12. The molecule has 6 nitrogen and oxygen atoms in total. The first-order valence-electron chi connectivity index (χ1n) is 9.34. The Balaban J connectivity index is 1.50. The van der Waals surface area contributed by atoms with Crippen LogP contribution in [0.4, 0.5) is 16.2 Å². The summed E-state index contributed by atoms with van der Waals surface area (Å²) in [6.07, 6.45) is 4.54. The van der Waals surface area contributed by atoms with Crippen LogP contribution < -0.4 is 10.6 Å². The van der Waals surface area contributed by atoms with Crippen molar-refractivity contribution in [3.8, 4) is 0 Å². The first-order valence-corrected chi connectivity index (χ1v) is 9.34. The van der Waals surface area contributed by atoms with Gasteiger partial charge in [0.1, 0.15) is 0 Å². The summed E-state index contributed by atoms with van der Waals surface area (Å²) in [7, 11) is 0. The number of aromatic carboxylic acids is 1. The molecule has 6 heteroatoms. The molecule has 3 rings (SSSR count).